The first-order chi connectivity index (χ1) is 9.89. The van der Waals surface area contributed by atoms with Gasteiger partial charge in [-0.3, -0.25) is 0 Å². The fourth-order valence-corrected chi connectivity index (χ4v) is 2.88. The standard InChI is InChI=1S/C18H17ClO2/c1-11-7-8-12(2)14(9-11)18(3,20)16-10-13-5-4-6-15(19)17(13)21-16/h4-10,20H,1-3H3. The summed E-state index contributed by atoms with van der Waals surface area (Å²) in [6.45, 7) is 5.74. The first-order valence-corrected chi connectivity index (χ1v) is 7.26. The average molecular weight is 301 g/mol. The fraction of sp³-hybridized carbons (Fsp3) is 0.222. The summed E-state index contributed by atoms with van der Waals surface area (Å²) in [5.74, 6) is 0.499. The summed E-state index contributed by atoms with van der Waals surface area (Å²) >= 11 is 6.15. The number of rotatable bonds is 2. The Morgan fingerprint density at radius 2 is 1.86 bits per heavy atom. The molecule has 0 radical (unpaired) electrons. The lowest BCUT2D eigenvalue weighted by molar-refractivity contribution is 0.0779. The average Bonchev–Trinajstić information content (AvgIpc) is 2.88. The molecule has 0 bridgehead atoms. The van der Waals surface area contributed by atoms with Crippen LogP contribution in [0.4, 0.5) is 0 Å². The van der Waals surface area contributed by atoms with Gasteiger partial charge in [0.2, 0.25) is 0 Å². The number of para-hydroxylation sites is 1. The van der Waals surface area contributed by atoms with Crippen LogP contribution in [0.15, 0.2) is 46.9 Å². The van der Waals surface area contributed by atoms with E-state index in [1.807, 2.05) is 50.2 Å². The van der Waals surface area contributed by atoms with Gasteiger partial charge in [0.25, 0.3) is 0 Å². The number of halogens is 1. The predicted octanol–water partition coefficient (Wildman–Crippen LogP) is 4.96. The van der Waals surface area contributed by atoms with Crippen molar-refractivity contribution in [3.8, 4) is 0 Å². The summed E-state index contributed by atoms with van der Waals surface area (Å²) in [6.07, 6.45) is 0. The van der Waals surface area contributed by atoms with Crippen LogP contribution in [0.5, 0.6) is 0 Å². The molecular formula is C18H17ClO2. The van der Waals surface area contributed by atoms with E-state index in [0.29, 0.717) is 16.4 Å². The second-order valence-corrected chi connectivity index (χ2v) is 6.07. The fourth-order valence-electron chi connectivity index (χ4n) is 2.66. The molecule has 1 atom stereocenters. The topological polar surface area (TPSA) is 33.4 Å². The van der Waals surface area contributed by atoms with E-state index < -0.39 is 5.60 Å². The number of benzene rings is 2. The number of hydrogen-bond donors (Lipinski definition) is 1. The maximum atomic E-state index is 11.0. The Hall–Kier alpha value is -1.77. The molecule has 2 aromatic carbocycles. The monoisotopic (exact) mass is 300 g/mol. The van der Waals surface area contributed by atoms with Gasteiger partial charge in [0.1, 0.15) is 11.4 Å². The normalized spacial score (nSPS) is 14.3. The van der Waals surface area contributed by atoms with Crippen molar-refractivity contribution in [1.82, 2.24) is 0 Å². The maximum absolute atomic E-state index is 11.0. The lowest BCUT2D eigenvalue weighted by Gasteiger charge is -2.23. The highest BCUT2D eigenvalue weighted by Gasteiger charge is 2.31. The van der Waals surface area contributed by atoms with Crippen LogP contribution in [0.3, 0.4) is 0 Å². The van der Waals surface area contributed by atoms with Gasteiger partial charge >= 0.3 is 0 Å². The Morgan fingerprint density at radius 1 is 1.10 bits per heavy atom. The smallest absolute Gasteiger partial charge is 0.153 e. The summed E-state index contributed by atoms with van der Waals surface area (Å²) in [5, 5.41) is 12.5. The molecule has 0 saturated heterocycles. The third-order valence-corrected chi connectivity index (χ3v) is 4.19. The molecule has 0 saturated carbocycles. The lowest BCUT2D eigenvalue weighted by Crippen LogP contribution is -2.23. The first-order valence-electron chi connectivity index (χ1n) is 6.88. The number of aliphatic hydroxyl groups is 1. The van der Waals surface area contributed by atoms with E-state index in [1.54, 1.807) is 13.0 Å². The molecule has 0 spiro atoms. The van der Waals surface area contributed by atoms with E-state index in [4.69, 9.17) is 16.0 Å². The Kier molecular flexibility index (Phi) is 3.31. The number of furan rings is 1. The zero-order valence-corrected chi connectivity index (χ0v) is 13.0. The minimum atomic E-state index is -1.20. The molecule has 0 amide bonds. The van der Waals surface area contributed by atoms with Crippen LogP contribution >= 0.6 is 11.6 Å². The molecule has 0 aliphatic rings. The summed E-state index contributed by atoms with van der Waals surface area (Å²) in [6, 6.07) is 13.5. The predicted molar refractivity (Wildman–Crippen MR) is 85.8 cm³/mol. The first kappa shape index (κ1) is 14.2. The summed E-state index contributed by atoms with van der Waals surface area (Å²) in [4.78, 5) is 0. The highest BCUT2D eigenvalue weighted by atomic mass is 35.5. The van der Waals surface area contributed by atoms with Crippen molar-refractivity contribution in [2.24, 2.45) is 0 Å². The van der Waals surface area contributed by atoms with Crippen molar-refractivity contribution in [2.45, 2.75) is 26.4 Å². The third-order valence-electron chi connectivity index (χ3n) is 3.89. The van der Waals surface area contributed by atoms with Crippen LogP contribution in [0, 0.1) is 13.8 Å². The van der Waals surface area contributed by atoms with Crippen molar-refractivity contribution >= 4 is 22.6 Å². The van der Waals surface area contributed by atoms with Crippen LogP contribution in [-0.4, -0.2) is 5.11 Å². The molecule has 1 N–H and O–H groups in total. The molecule has 0 fully saturated rings. The molecule has 3 heteroatoms. The zero-order chi connectivity index (χ0) is 15.2. The lowest BCUT2D eigenvalue weighted by atomic mass is 9.88. The largest absolute Gasteiger partial charge is 0.456 e. The van der Waals surface area contributed by atoms with Gasteiger partial charge < -0.3 is 9.52 Å². The van der Waals surface area contributed by atoms with Crippen molar-refractivity contribution in [1.29, 1.82) is 0 Å². The molecule has 3 aromatic rings. The SMILES string of the molecule is Cc1ccc(C)c(C(C)(O)c2cc3cccc(Cl)c3o2)c1. The molecule has 2 nitrogen and oxygen atoms in total. The molecule has 1 heterocycles. The Labute approximate surface area is 129 Å². The van der Waals surface area contributed by atoms with Crippen molar-refractivity contribution in [3.63, 3.8) is 0 Å². The van der Waals surface area contributed by atoms with Crippen LogP contribution in [-0.2, 0) is 5.60 Å². The van der Waals surface area contributed by atoms with Crippen molar-refractivity contribution < 1.29 is 9.52 Å². The quantitative estimate of drug-likeness (QED) is 0.725. The minimum Gasteiger partial charge on any atom is -0.456 e. The molecule has 1 aromatic heterocycles. The van der Waals surface area contributed by atoms with Gasteiger partial charge in [-0.15, -0.1) is 0 Å². The van der Waals surface area contributed by atoms with Crippen LogP contribution in [0.2, 0.25) is 5.02 Å². The highest BCUT2D eigenvalue weighted by molar-refractivity contribution is 6.34. The third kappa shape index (κ3) is 2.35. The summed E-state index contributed by atoms with van der Waals surface area (Å²) in [7, 11) is 0. The number of aryl methyl sites for hydroxylation is 2. The molecule has 1 unspecified atom stereocenters. The number of fused-ring (bicyclic) bond motifs is 1. The molecule has 3 rings (SSSR count). The van der Waals surface area contributed by atoms with Crippen LogP contribution in [0.25, 0.3) is 11.0 Å². The minimum absolute atomic E-state index is 0.499. The van der Waals surface area contributed by atoms with Gasteiger partial charge in [0.05, 0.1) is 5.02 Å². The van der Waals surface area contributed by atoms with Crippen molar-refractivity contribution in [2.75, 3.05) is 0 Å². The summed E-state index contributed by atoms with van der Waals surface area (Å²) < 4.78 is 5.83. The van der Waals surface area contributed by atoms with E-state index in [2.05, 4.69) is 0 Å². The maximum Gasteiger partial charge on any atom is 0.153 e. The Bertz CT molecular complexity index is 815. The van der Waals surface area contributed by atoms with E-state index in [-0.39, 0.29) is 0 Å². The van der Waals surface area contributed by atoms with Crippen LogP contribution in [0.1, 0.15) is 29.4 Å². The van der Waals surface area contributed by atoms with Crippen molar-refractivity contribution in [3.05, 3.63) is 69.9 Å². The van der Waals surface area contributed by atoms with Gasteiger partial charge in [-0.25, -0.2) is 0 Å². The van der Waals surface area contributed by atoms with E-state index in [9.17, 15) is 5.11 Å². The van der Waals surface area contributed by atoms with Gasteiger partial charge in [0, 0.05) is 5.39 Å². The zero-order valence-electron chi connectivity index (χ0n) is 12.3. The highest BCUT2D eigenvalue weighted by Crippen LogP contribution is 2.37. The van der Waals surface area contributed by atoms with E-state index >= 15 is 0 Å². The molecule has 0 aliphatic heterocycles. The van der Waals surface area contributed by atoms with Gasteiger partial charge in [0.15, 0.2) is 5.58 Å². The van der Waals surface area contributed by atoms with E-state index in [0.717, 1.165) is 22.1 Å². The Morgan fingerprint density at radius 3 is 2.57 bits per heavy atom. The molecule has 0 aliphatic carbocycles. The van der Waals surface area contributed by atoms with E-state index in [1.165, 1.54) is 0 Å². The van der Waals surface area contributed by atoms with Crippen LogP contribution < -0.4 is 0 Å². The van der Waals surface area contributed by atoms with Gasteiger partial charge in [-0.1, -0.05) is 47.5 Å². The molecule has 21 heavy (non-hydrogen) atoms. The second-order valence-electron chi connectivity index (χ2n) is 5.66. The van der Waals surface area contributed by atoms with Gasteiger partial charge in [-0.2, -0.15) is 0 Å². The Balaban J connectivity index is 2.19. The second kappa shape index (κ2) is 4.90. The number of hydrogen-bond acceptors (Lipinski definition) is 2. The molecule has 108 valence electrons. The molecular weight excluding hydrogens is 284 g/mol. The van der Waals surface area contributed by atoms with Gasteiger partial charge in [-0.05, 0) is 44.0 Å². The summed E-state index contributed by atoms with van der Waals surface area (Å²) in [5.41, 5.74) is 2.39.